The standard InChI is InChI=1S/C37H30O4/c1-37(23-22-36(38)39,30-12-18-32(19-13-30)40-34-16-10-26-6-2-4-8-28(26)24-34)31-14-20-33(21-15-31)41-35-17-11-27-7-3-5-9-29(27)25-35/h2-21,24-25H,22-23H2,1H3,(H,38,39). The smallest absolute Gasteiger partial charge is 0.303 e. The molecule has 0 aliphatic heterocycles. The number of hydrogen-bond donors (Lipinski definition) is 1. The molecule has 6 rings (SSSR count). The maximum atomic E-state index is 11.6. The number of hydrogen-bond acceptors (Lipinski definition) is 3. The Labute approximate surface area is 239 Å². The van der Waals surface area contributed by atoms with Crippen molar-refractivity contribution in [2.75, 3.05) is 0 Å². The zero-order valence-corrected chi connectivity index (χ0v) is 22.8. The van der Waals surface area contributed by atoms with E-state index in [9.17, 15) is 9.90 Å². The molecule has 0 spiro atoms. The number of carboxylic acids is 1. The van der Waals surface area contributed by atoms with Gasteiger partial charge < -0.3 is 14.6 Å². The Hall–Kier alpha value is -5.09. The molecular formula is C37H30O4. The molecule has 0 aromatic heterocycles. The number of fused-ring (bicyclic) bond motifs is 2. The van der Waals surface area contributed by atoms with Crippen LogP contribution < -0.4 is 9.47 Å². The molecule has 0 atom stereocenters. The van der Waals surface area contributed by atoms with Crippen LogP contribution in [0.1, 0.15) is 30.9 Å². The van der Waals surface area contributed by atoms with Gasteiger partial charge in [-0.05, 0) is 87.6 Å². The second-order valence-electron chi connectivity index (χ2n) is 10.5. The monoisotopic (exact) mass is 538 g/mol. The van der Waals surface area contributed by atoms with Gasteiger partial charge in [0.15, 0.2) is 0 Å². The van der Waals surface area contributed by atoms with Crippen LogP contribution in [0.4, 0.5) is 0 Å². The number of aliphatic carboxylic acids is 1. The fourth-order valence-corrected chi connectivity index (χ4v) is 5.33. The van der Waals surface area contributed by atoms with E-state index in [-0.39, 0.29) is 6.42 Å². The van der Waals surface area contributed by atoms with Gasteiger partial charge in [-0.2, -0.15) is 0 Å². The summed E-state index contributed by atoms with van der Waals surface area (Å²) >= 11 is 0. The topological polar surface area (TPSA) is 55.8 Å². The van der Waals surface area contributed by atoms with E-state index in [0.717, 1.165) is 55.7 Å². The van der Waals surface area contributed by atoms with Crippen molar-refractivity contribution in [2.24, 2.45) is 0 Å². The lowest BCUT2D eigenvalue weighted by atomic mass is 9.73. The quantitative estimate of drug-likeness (QED) is 0.199. The SMILES string of the molecule is CC(CCC(=O)O)(c1ccc(Oc2ccc3ccccc3c2)cc1)c1ccc(Oc2ccc3ccccc3c2)cc1. The van der Waals surface area contributed by atoms with Gasteiger partial charge in [-0.3, -0.25) is 4.79 Å². The molecule has 0 saturated heterocycles. The molecule has 4 nitrogen and oxygen atoms in total. The van der Waals surface area contributed by atoms with Crippen molar-refractivity contribution in [3.8, 4) is 23.0 Å². The molecule has 0 radical (unpaired) electrons. The Kier molecular flexibility index (Phi) is 7.13. The molecule has 0 saturated carbocycles. The van der Waals surface area contributed by atoms with Gasteiger partial charge in [0, 0.05) is 11.8 Å². The average molecular weight is 539 g/mol. The van der Waals surface area contributed by atoms with Crippen molar-refractivity contribution in [2.45, 2.75) is 25.2 Å². The third-order valence-electron chi connectivity index (χ3n) is 7.74. The first-order valence-electron chi connectivity index (χ1n) is 13.7. The molecule has 4 heteroatoms. The predicted octanol–water partition coefficient (Wildman–Crippen LogP) is 9.75. The molecule has 202 valence electrons. The predicted molar refractivity (Wildman–Crippen MR) is 164 cm³/mol. The molecule has 41 heavy (non-hydrogen) atoms. The van der Waals surface area contributed by atoms with Crippen LogP contribution in [0, 0.1) is 0 Å². The molecule has 0 unspecified atom stereocenters. The summed E-state index contributed by atoms with van der Waals surface area (Å²) < 4.78 is 12.3. The molecule has 1 N–H and O–H groups in total. The zero-order chi connectivity index (χ0) is 28.2. The van der Waals surface area contributed by atoms with E-state index in [1.54, 1.807) is 0 Å². The molecule has 6 aromatic rings. The van der Waals surface area contributed by atoms with Crippen LogP contribution in [0.3, 0.4) is 0 Å². The van der Waals surface area contributed by atoms with Crippen LogP contribution in [-0.2, 0) is 10.2 Å². The zero-order valence-electron chi connectivity index (χ0n) is 22.8. The number of benzene rings is 6. The second-order valence-corrected chi connectivity index (χ2v) is 10.5. The Morgan fingerprint density at radius 3 is 1.37 bits per heavy atom. The van der Waals surface area contributed by atoms with Crippen LogP contribution in [0.15, 0.2) is 133 Å². The molecule has 0 amide bonds. The van der Waals surface area contributed by atoms with Crippen molar-refractivity contribution in [1.82, 2.24) is 0 Å². The third kappa shape index (κ3) is 5.78. The summed E-state index contributed by atoms with van der Waals surface area (Å²) in [6.45, 7) is 2.09. The van der Waals surface area contributed by atoms with E-state index in [0.29, 0.717) is 6.42 Å². The van der Waals surface area contributed by atoms with Crippen LogP contribution >= 0.6 is 0 Å². The van der Waals surface area contributed by atoms with Crippen LogP contribution in [0.25, 0.3) is 21.5 Å². The van der Waals surface area contributed by atoms with Crippen molar-refractivity contribution >= 4 is 27.5 Å². The molecule has 0 heterocycles. The van der Waals surface area contributed by atoms with Crippen molar-refractivity contribution in [3.05, 3.63) is 145 Å². The first-order valence-corrected chi connectivity index (χ1v) is 13.7. The molecule has 6 aromatic carbocycles. The lowest BCUT2D eigenvalue weighted by molar-refractivity contribution is -0.137. The average Bonchev–Trinajstić information content (AvgIpc) is 3.00. The first-order chi connectivity index (χ1) is 20.0. The summed E-state index contributed by atoms with van der Waals surface area (Å²) in [6.07, 6.45) is 0.513. The number of rotatable bonds is 9. The summed E-state index contributed by atoms with van der Waals surface area (Å²) in [7, 11) is 0. The molecular weight excluding hydrogens is 508 g/mol. The highest BCUT2D eigenvalue weighted by Gasteiger charge is 2.30. The molecule has 0 aliphatic rings. The number of carboxylic acid groups (broad SMARTS) is 1. The minimum absolute atomic E-state index is 0.0567. The minimum Gasteiger partial charge on any atom is -0.481 e. The molecule has 0 fully saturated rings. The van der Waals surface area contributed by atoms with Crippen molar-refractivity contribution in [1.29, 1.82) is 0 Å². The number of carbonyl (C=O) groups is 1. The Morgan fingerprint density at radius 1 is 0.561 bits per heavy atom. The van der Waals surface area contributed by atoms with Gasteiger partial charge in [0.1, 0.15) is 23.0 Å². The summed E-state index contributed by atoms with van der Waals surface area (Å²) in [5.74, 6) is 2.18. The maximum absolute atomic E-state index is 11.6. The van der Waals surface area contributed by atoms with E-state index in [4.69, 9.17) is 9.47 Å². The summed E-state index contributed by atoms with van der Waals surface area (Å²) in [5.41, 5.74) is 1.53. The lowest BCUT2D eigenvalue weighted by Gasteiger charge is -2.31. The highest BCUT2D eigenvalue weighted by Crippen LogP contribution is 2.39. The molecule has 0 aliphatic carbocycles. The lowest BCUT2D eigenvalue weighted by Crippen LogP contribution is -2.24. The van der Waals surface area contributed by atoms with Gasteiger partial charge in [-0.1, -0.05) is 91.9 Å². The van der Waals surface area contributed by atoms with Crippen molar-refractivity contribution in [3.63, 3.8) is 0 Å². The number of ether oxygens (including phenoxy) is 2. The fourth-order valence-electron chi connectivity index (χ4n) is 5.33. The second kappa shape index (κ2) is 11.2. The normalized spacial score (nSPS) is 11.4. The van der Waals surface area contributed by atoms with E-state index in [1.165, 1.54) is 0 Å². The highest BCUT2D eigenvalue weighted by atomic mass is 16.5. The van der Waals surface area contributed by atoms with Crippen LogP contribution in [0.2, 0.25) is 0 Å². The van der Waals surface area contributed by atoms with E-state index < -0.39 is 11.4 Å². The van der Waals surface area contributed by atoms with Gasteiger partial charge >= 0.3 is 5.97 Å². The van der Waals surface area contributed by atoms with Gasteiger partial charge in [-0.15, -0.1) is 0 Å². The Bertz CT molecular complexity index is 1700. The largest absolute Gasteiger partial charge is 0.481 e. The maximum Gasteiger partial charge on any atom is 0.303 e. The first kappa shape index (κ1) is 26.1. The summed E-state index contributed by atoms with van der Waals surface area (Å²) in [4.78, 5) is 11.6. The van der Waals surface area contributed by atoms with Crippen LogP contribution in [0.5, 0.6) is 23.0 Å². The summed E-state index contributed by atoms with van der Waals surface area (Å²) in [6, 6.07) is 44.3. The Morgan fingerprint density at radius 2 is 0.951 bits per heavy atom. The van der Waals surface area contributed by atoms with Gasteiger partial charge in [0.05, 0.1) is 0 Å². The van der Waals surface area contributed by atoms with Crippen LogP contribution in [-0.4, -0.2) is 11.1 Å². The van der Waals surface area contributed by atoms with E-state index in [2.05, 4.69) is 43.3 Å². The summed E-state index contributed by atoms with van der Waals surface area (Å²) in [5, 5.41) is 14.1. The molecule has 0 bridgehead atoms. The van der Waals surface area contributed by atoms with E-state index >= 15 is 0 Å². The fraction of sp³-hybridized carbons (Fsp3) is 0.108. The van der Waals surface area contributed by atoms with Gasteiger partial charge in [0.2, 0.25) is 0 Å². The van der Waals surface area contributed by atoms with Gasteiger partial charge in [-0.25, -0.2) is 0 Å². The van der Waals surface area contributed by atoms with Crippen molar-refractivity contribution < 1.29 is 19.4 Å². The van der Waals surface area contributed by atoms with Gasteiger partial charge in [0.25, 0.3) is 0 Å². The van der Waals surface area contributed by atoms with E-state index in [1.807, 2.05) is 97.1 Å². The third-order valence-corrected chi connectivity index (χ3v) is 7.74. The highest BCUT2D eigenvalue weighted by molar-refractivity contribution is 5.84. The Balaban J connectivity index is 1.23. The minimum atomic E-state index is -0.816.